The minimum absolute atomic E-state index is 0.251. The van der Waals surface area contributed by atoms with Gasteiger partial charge in [0, 0.05) is 12.5 Å². The van der Waals surface area contributed by atoms with Crippen molar-refractivity contribution in [3.8, 4) is 0 Å². The van der Waals surface area contributed by atoms with E-state index in [1.165, 1.54) is 12.1 Å². The SMILES string of the molecule is [C-]#[N+]C(C)c1cc(C)cc(F)c1. The maximum atomic E-state index is 12.8. The summed E-state index contributed by atoms with van der Waals surface area (Å²) in [5.74, 6) is -0.263. The van der Waals surface area contributed by atoms with Crippen LogP contribution in [-0.4, -0.2) is 0 Å². The van der Waals surface area contributed by atoms with E-state index in [0.717, 1.165) is 11.1 Å². The second kappa shape index (κ2) is 3.36. The molecule has 2 heteroatoms. The van der Waals surface area contributed by atoms with Crippen LogP contribution in [0.5, 0.6) is 0 Å². The molecular formula is C10H10FN. The highest BCUT2D eigenvalue weighted by atomic mass is 19.1. The molecule has 1 atom stereocenters. The van der Waals surface area contributed by atoms with Crippen LogP contribution < -0.4 is 0 Å². The third-order valence-electron chi connectivity index (χ3n) is 1.74. The molecule has 1 aromatic carbocycles. The van der Waals surface area contributed by atoms with Crippen LogP contribution in [-0.2, 0) is 0 Å². The summed E-state index contributed by atoms with van der Waals surface area (Å²) in [4.78, 5) is 3.32. The highest BCUT2D eigenvalue weighted by Gasteiger charge is 2.09. The Morgan fingerprint density at radius 3 is 2.58 bits per heavy atom. The molecule has 1 unspecified atom stereocenters. The molecule has 0 saturated carbocycles. The van der Waals surface area contributed by atoms with Gasteiger partial charge in [0.1, 0.15) is 5.82 Å². The first-order valence-corrected chi connectivity index (χ1v) is 3.77. The van der Waals surface area contributed by atoms with E-state index in [1.54, 1.807) is 6.92 Å². The number of nitrogens with zero attached hydrogens (tertiary/aromatic N) is 1. The van der Waals surface area contributed by atoms with Crippen molar-refractivity contribution < 1.29 is 4.39 Å². The summed E-state index contributed by atoms with van der Waals surface area (Å²) >= 11 is 0. The van der Waals surface area contributed by atoms with Gasteiger partial charge in [0.2, 0.25) is 6.04 Å². The molecule has 12 heavy (non-hydrogen) atoms. The maximum absolute atomic E-state index is 12.8. The van der Waals surface area contributed by atoms with Crippen molar-refractivity contribution in [2.24, 2.45) is 0 Å². The summed E-state index contributed by atoms with van der Waals surface area (Å²) in [5.41, 5.74) is 1.61. The summed E-state index contributed by atoms with van der Waals surface area (Å²) in [5, 5.41) is 0. The molecule has 0 aliphatic carbocycles. The Bertz CT molecular complexity index is 305. The Morgan fingerprint density at radius 1 is 1.42 bits per heavy atom. The quantitative estimate of drug-likeness (QED) is 0.560. The zero-order valence-electron chi connectivity index (χ0n) is 7.13. The summed E-state index contributed by atoms with van der Waals surface area (Å²) in [6.07, 6.45) is 0. The van der Waals surface area contributed by atoms with Crippen LogP contribution in [0.15, 0.2) is 18.2 Å². The van der Waals surface area contributed by atoms with E-state index in [-0.39, 0.29) is 11.9 Å². The molecule has 0 bridgehead atoms. The van der Waals surface area contributed by atoms with Gasteiger partial charge in [-0.05, 0) is 30.7 Å². The number of aryl methyl sites for hydroxylation is 1. The lowest BCUT2D eigenvalue weighted by atomic mass is 10.1. The van der Waals surface area contributed by atoms with Crippen molar-refractivity contribution in [1.82, 2.24) is 0 Å². The third-order valence-corrected chi connectivity index (χ3v) is 1.74. The lowest BCUT2D eigenvalue weighted by molar-refractivity contribution is 0.623. The molecule has 0 heterocycles. The summed E-state index contributed by atoms with van der Waals surface area (Å²) in [6, 6.07) is 4.46. The molecule has 0 saturated heterocycles. The Labute approximate surface area is 71.7 Å². The summed E-state index contributed by atoms with van der Waals surface area (Å²) < 4.78 is 12.8. The molecule has 0 N–H and O–H groups in total. The van der Waals surface area contributed by atoms with Gasteiger partial charge in [-0.15, -0.1) is 0 Å². The maximum Gasteiger partial charge on any atom is 0.246 e. The molecule has 0 fully saturated rings. The number of halogens is 1. The zero-order valence-corrected chi connectivity index (χ0v) is 7.13. The second-order valence-electron chi connectivity index (χ2n) is 2.87. The van der Waals surface area contributed by atoms with E-state index in [2.05, 4.69) is 4.85 Å². The Hall–Kier alpha value is -1.36. The Balaban J connectivity index is 3.10. The molecule has 0 aromatic heterocycles. The minimum atomic E-state index is -0.263. The minimum Gasteiger partial charge on any atom is -0.309 e. The molecular weight excluding hydrogens is 153 g/mol. The number of rotatable bonds is 1. The van der Waals surface area contributed by atoms with Gasteiger partial charge >= 0.3 is 0 Å². The van der Waals surface area contributed by atoms with Gasteiger partial charge < -0.3 is 4.85 Å². The predicted octanol–water partition coefficient (Wildman–Crippen LogP) is 3.11. The van der Waals surface area contributed by atoms with Crippen LogP contribution in [0, 0.1) is 19.3 Å². The predicted molar refractivity (Wildman–Crippen MR) is 46.2 cm³/mol. The lowest BCUT2D eigenvalue weighted by Gasteiger charge is -2.01. The monoisotopic (exact) mass is 163 g/mol. The van der Waals surface area contributed by atoms with E-state index in [4.69, 9.17) is 6.57 Å². The van der Waals surface area contributed by atoms with Crippen LogP contribution in [0.1, 0.15) is 24.1 Å². The van der Waals surface area contributed by atoms with E-state index >= 15 is 0 Å². The van der Waals surface area contributed by atoms with Gasteiger partial charge in [0.25, 0.3) is 0 Å². The van der Waals surface area contributed by atoms with Gasteiger partial charge in [-0.1, -0.05) is 0 Å². The summed E-state index contributed by atoms with van der Waals surface area (Å²) in [7, 11) is 0. The molecule has 0 amide bonds. The normalized spacial score (nSPS) is 12.2. The zero-order chi connectivity index (χ0) is 9.14. The van der Waals surface area contributed by atoms with Gasteiger partial charge in [-0.3, -0.25) is 0 Å². The fourth-order valence-electron chi connectivity index (χ4n) is 1.08. The Morgan fingerprint density at radius 2 is 2.08 bits per heavy atom. The first kappa shape index (κ1) is 8.73. The van der Waals surface area contributed by atoms with Gasteiger partial charge in [0.15, 0.2) is 0 Å². The van der Waals surface area contributed by atoms with E-state index < -0.39 is 0 Å². The van der Waals surface area contributed by atoms with Crippen LogP contribution in [0.25, 0.3) is 4.85 Å². The third kappa shape index (κ3) is 1.82. The van der Waals surface area contributed by atoms with Gasteiger partial charge in [-0.2, -0.15) is 0 Å². The molecule has 1 rings (SSSR count). The van der Waals surface area contributed by atoms with E-state index in [1.807, 2.05) is 13.0 Å². The van der Waals surface area contributed by atoms with Crippen LogP contribution >= 0.6 is 0 Å². The van der Waals surface area contributed by atoms with Gasteiger partial charge in [0.05, 0.1) is 0 Å². The molecule has 62 valence electrons. The first-order valence-electron chi connectivity index (χ1n) is 3.77. The van der Waals surface area contributed by atoms with E-state index in [0.29, 0.717) is 0 Å². The number of hydrogen-bond acceptors (Lipinski definition) is 0. The molecule has 1 nitrogen and oxygen atoms in total. The van der Waals surface area contributed by atoms with Crippen molar-refractivity contribution in [1.29, 1.82) is 0 Å². The lowest BCUT2D eigenvalue weighted by Crippen LogP contribution is -1.89. The smallest absolute Gasteiger partial charge is 0.246 e. The molecule has 0 aliphatic rings. The highest BCUT2D eigenvalue weighted by Crippen LogP contribution is 2.18. The second-order valence-corrected chi connectivity index (χ2v) is 2.87. The van der Waals surface area contributed by atoms with E-state index in [9.17, 15) is 4.39 Å². The Kier molecular flexibility index (Phi) is 2.44. The number of hydrogen-bond donors (Lipinski definition) is 0. The molecule has 0 radical (unpaired) electrons. The fraction of sp³-hybridized carbons (Fsp3) is 0.300. The van der Waals surface area contributed by atoms with Crippen molar-refractivity contribution in [3.63, 3.8) is 0 Å². The fourth-order valence-corrected chi connectivity index (χ4v) is 1.08. The van der Waals surface area contributed by atoms with Crippen LogP contribution in [0.3, 0.4) is 0 Å². The van der Waals surface area contributed by atoms with Crippen LogP contribution in [0.4, 0.5) is 4.39 Å². The average Bonchev–Trinajstić information content (AvgIpc) is 2.01. The molecule has 0 spiro atoms. The van der Waals surface area contributed by atoms with Crippen molar-refractivity contribution in [3.05, 3.63) is 46.6 Å². The van der Waals surface area contributed by atoms with Crippen molar-refractivity contribution in [2.75, 3.05) is 0 Å². The van der Waals surface area contributed by atoms with Crippen LogP contribution in [0.2, 0.25) is 0 Å². The van der Waals surface area contributed by atoms with Gasteiger partial charge in [-0.25, -0.2) is 11.0 Å². The standard InChI is InChI=1S/C10H10FN/c1-7-4-9(8(2)12-3)6-10(11)5-7/h4-6,8H,1-2H3. The molecule has 1 aromatic rings. The van der Waals surface area contributed by atoms with Crippen molar-refractivity contribution in [2.45, 2.75) is 19.9 Å². The largest absolute Gasteiger partial charge is 0.309 e. The van der Waals surface area contributed by atoms with Crippen molar-refractivity contribution >= 4 is 0 Å². The molecule has 0 aliphatic heterocycles. The first-order chi connectivity index (χ1) is 5.63. The summed E-state index contributed by atoms with van der Waals surface area (Å²) in [6.45, 7) is 10.4. The average molecular weight is 163 g/mol. The number of benzene rings is 1. The highest BCUT2D eigenvalue weighted by molar-refractivity contribution is 5.27. The topological polar surface area (TPSA) is 4.36 Å².